The minimum atomic E-state index is -0.838. The van der Waals surface area contributed by atoms with Crippen molar-refractivity contribution in [1.29, 1.82) is 0 Å². The van der Waals surface area contributed by atoms with Gasteiger partial charge in [0.05, 0.1) is 5.56 Å². The van der Waals surface area contributed by atoms with Crippen LogP contribution in [0.2, 0.25) is 0 Å². The van der Waals surface area contributed by atoms with Crippen LogP contribution in [0.4, 0.5) is 0 Å². The average Bonchev–Trinajstić information content (AvgIpc) is 2.32. The van der Waals surface area contributed by atoms with Crippen LogP contribution in [0.15, 0.2) is 24.3 Å². The minimum Gasteiger partial charge on any atom is -0.478 e. The molecule has 2 rings (SSSR count). The topological polar surface area (TPSA) is 43.8 Å². The van der Waals surface area contributed by atoms with Gasteiger partial charge < -0.3 is 10.0 Å². The van der Waals surface area contributed by atoms with Crippen molar-refractivity contribution < 1.29 is 9.90 Å². The number of carboxylic acids is 1. The van der Waals surface area contributed by atoms with Gasteiger partial charge in [-0.2, -0.15) is 0 Å². The van der Waals surface area contributed by atoms with Crippen LogP contribution in [0, 0.1) is 0 Å². The van der Waals surface area contributed by atoms with Gasteiger partial charge in [0.25, 0.3) is 0 Å². The Balaban J connectivity index is 2.05. The molecule has 1 aliphatic heterocycles. The Bertz CT molecular complexity index is 398. The molecule has 0 amide bonds. The van der Waals surface area contributed by atoms with E-state index in [0.29, 0.717) is 5.56 Å². The van der Waals surface area contributed by atoms with Crippen molar-refractivity contribution in [3.8, 4) is 0 Å². The summed E-state index contributed by atoms with van der Waals surface area (Å²) >= 11 is 0. The highest BCUT2D eigenvalue weighted by molar-refractivity contribution is 5.89. The zero-order valence-corrected chi connectivity index (χ0v) is 10.1. The highest BCUT2D eigenvalue weighted by Crippen LogP contribution is 2.13. The Morgan fingerprint density at radius 2 is 1.88 bits per heavy atom. The number of piperazine rings is 1. The SMILES string of the molecule is CN1CCN(Cc2ccccc2C(=O)O)CC1. The van der Waals surface area contributed by atoms with E-state index < -0.39 is 5.97 Å². The second kappa shape index (κ2) is 5.29. The number of aromatic carboxylic acids is 1. The monoisotopic (exact) mass is 234 g/mol. The van der Waals surface area contributed by atoms with Gasteiger partial charge in [-0.25, -0.2) is 4.79 Å². The molecule has 0 radical (unpaired) electrons. The van der Waals surface area contributed by atoms with Crippen molar-refractivity contribution in [3.05, 3.63) is 35.4 Å². The second-order valence-corrected chi connectivity index (χ2v) is 4.54. The molecular weight excluding hydrogens is 216 g/mol. The van der Waals surface area contributed by atoms with E-state index in [1.807, 2.05) is 12.1 Å². The third kappa shape index (κ3) is 3.05. The third-order valence-corrected chi connectivity index (χ3v) is 3.24. The Labute approximate surface area is 101 Å². The lowest BCUT2D eigenvalue weighted by atomic mass is 10.1. The summed E-state index contributed by atoms with van der Waals surface area (Å²) in [4.78, 5) is 15.7. The molecule has 0 saturated carbocycles. The third-order valence-electron chi connectivity index (χ3n) is 3.24. The first-order valence-corrected chi connectivity index (χ1v) is 5.89. The molecule has 0 bridgehead atoms. The van der Waals surface area contributed by atoms with Gasteiger partial charge in [-0.1, -0.05) is 18.2 Å². The first-order chi connectivity index (χ1) is 8.16. The summed E-state index contributed by atoms with van der Waals surface area (Å²) in [6.07, 6.45) is 0. The van der Waals surface area contributed by atoms with Crippen LogP contribution in [0.25, 0.3) is 0 Å². The summed E-state index contributed by atoms with van der Waals surface area (Å²) in [5.74, 6) is -0.838. The maximum absolute atomic E-state index is 11.1. The molecule has 4 heteroatoms. The van der Waals surface area contributed by atoms with Crippen molar-refractivity contribution in [2.24, 2.45) is 0 Å². The highest BCUT2D eigenvalue weighted by Gasteiger charge is 2.16. The number of carboxylic acid groups (broad SMARTS) is 1. The van der Waals surface area contributed by atoms with Crippen molar-refractivity contribution in [2.45, 2.75) is 6.54 Å². The van der Waals surface area contributed by atoms with Crippen LogP contribution in [0.1, 0.15) is 15.9 Å². The van der Waals surface area contributed by atoms with Crippen molar-refractivity contribution in [2.75, 3.05) is 33.2 Å². The molecule has 1 heterocycles. The van der Waals surface area contributed by atoms with Gasteiger partial charge in [0.15, 0.2) is 0 Å². The number of nitrogens with zero attached hydrogens (tertiary/aromatic N) is 2. The molecule has 1 fully saturated rings. The van der Waals surface area contributed by atoms with E-state index in [9.17, 15) is 4.79 Å². The zero-order valence-electron chi connectivity index (χ0n) is 10.1. The highest BCUT2D eigenvalue weighted by atomic mass is 16.4. The largest absolute Gasteiger partial charge is 0.478 e. The number of hydrogen-bond donors (Lipinski definition) is 1. The Hall–Kier alpha value is -1.39. The smallest absolute Gasteiger partial charge is 0.336 e. The quantitative estimate of drug-likeness (QED) is 0.851. The Morgan fingerprint density at radius 1 is 1.24 bits per heavy atom. The van der Waals surface area contributed by atoms with Crippen LogP contribution in [-0.4, -0.2) is 54.1 Å². The Morgan fingerprint density at radius 3 is 2.53 bits per heavy atom. The fourth-order valence-electron chi connectivity index (χ4n) is 2.11. The lowest BCUT2D eigenvalue weighted by Crippen LogP contribution is -2.44. The fourth-order valence-corrected chi connectivity index (χ4v) is 2.11. The molecule has 1 aliphatic rings. The predicted octanol–water partition coefficient (Wildman–Crippen LogP) is 1.13. The van der Waals surface area contributed by atoms with Gasteiger partial charge in [0.2, 0.25) is 0 Å². The standard InChI is InChI=1S/C13H18N2O2/c1-14-6-8-15(9-7-14)10-11-4-2-3-5-12(11)13(16)17/h2-5H,6-10H2,1H3,(H,16,17). The van der Waals surface area contributed by atoms with Gasteiger partial charge in [-0.15, -0.1) is 0 Å². The lowest BCUT2D eigenvalue weighted by Gasteiger charge is -2.32. The number of benzene rings is 1. The van der Waals surface area contributed by atoms with Gasteiger partial charge in [-0.05, 0) is 18.7 Å². The maximum Gasteiger partial charge on any atom is 0.336 e. The van der Waals surface area contributed by atoms with E-state index in [1.165, 1.54) is 0 Å². The van der Waals surface area contributed by atoms with E-state index in [1.54, 1.807) is 12.1 Å². The number of rotatable bonds is 3. The van der Waals surface area contributed by atoms with Crippen LogP contribution in [-0.2, 0) is 6.54 Å². The Kier molecular flexibility index (Phi) is 3.76. The van der Waals surface area contributed by atoms with Crippen molar-refractivity contribution in [3.63, 3.8) is 0 Å². The van der Waals surface area contributed by atoms with Crippen molar-refractivity contribution in [1.82, 2.24) is 9.80 Å². The van der Waals surface area contributed by atoms with Gasteiger partial charge in [0, 0.05) is 32.7 Å². The number of carbonyl (C=O) groups is 1. The molecule has 92 valence electrons. The number of likely N-dealkylation sites (N-methyl/N-ethyl adjacent to an activating group) is 1. The minimum absolute atomic E-state index is 0.423. The van der Waals surface area contributed by atoms with Gasteiger partial charge in [0.1, 0.15) is 0 Å². The predicted molar refractivity (Wildman–Crippen MR) is 66.2 cm³/mol. The molecule has 0 aromatic heterocycles. The van der Waals surface area contributed by atoms with E-state index in [2.05, 4.69) is 16.8 Å². The summed E-state index contributed by atoms with van der Waals surface area (Å²) < 4.78 is 0. The molecule has 1 N–H and O–H groups in total. The molecule has 0 spiro atoms. The molecule has 0 atom stereocenters. The maximum atomic E-state index is 11.1. The molecular formula is C13H18N2O2. The second-order valence-electron chi connectivity index (χ2n) is 4.54. The van der Waals surface area contributed by atoms with Crippen LogP contribution in [0.5, 0.6) is 0 Å². The molecule has 4 nitrogen and oxygen atoms in total. The molecule has 1 saturated heterocycles. The summed E-state index contributed by atoms with van der Waals surface area (Å²) in [6.45, 7) is 4.84. The van der Waals surface area contributed by atoms with E-state index in [4.69, 9.17) is 5.11 Å². The molecule has 1 aromatic carbocycles. The molecule has 1 aromatic rings. The summed E-state index contributed by atoms with van der Waals surface area (Å²) in [7, 11) is 2.11. The average molecular weight is 234 g/mol. The van der Waals surface area contributed by atoms with Crippen molar-refractivity contribution >= 4 is 5.97 Å². The van der Waals surface area contributed by atoms with Crippen LogP contribution >= 0.6 is 0 Å². The zero-order chi connectivity index (χ0) is 12.3. The summed E-state index contributed by atoms with van der Waals surface area (Å²) in [5, 5.41) is 9.11. The van der Waals surface area contributed by atoms with Crippen LogP contribution < -0.4 is 0 Å². The molecule has 17 heavy (non-hydrogen) atoms. The summed E-state index contributed by atoms with van der Waals surface area (Å²) in [6, 6.07) is 7.25. The van der Waals surface area contributed by atoms with E-state index in [0.717, 1.165) is 38.3 Å². The first kappa shape index (κ1) is 12.1. The molecule has 0 unspecified atom stereocenters. The fraction of sp³-hybridized carbons (Fsp3) is 0.462. The van der Waals surface area contributed by atoms with Crippen LogP contribution in [0.3, 0.4) is 0 Å². The molecule has 0 aliphatic carbocycles. The summed E-state index contributed by atoms with van der Waals surface area (Å²) in [5.41, 5.74) is 1.33. The van der Waals surface area contributed by atoms with Gasteiger partial charge >= 0.3 is 5.97 Å². The lowest BCUT2D eigenvalue weighted by molar-refractivity contribution is 0.0693. The first-order valence-electron chi connectivity index (χ1n) is 5.89. The normalized spacial score (nSPS) is 18.2. The van der Waals surface area contributed by atoms with E-state index in [-0.39, 0.29) is 0 Å². The number of hydrogen-bond acceptors (Lipinski definition) is 3. The van der Waals surface area contributed by atoms with Gasteiger partial charge in [-0.3, -0.25) is 4.90 Å². The van der Waals surface area contributed by atoms with E-state index >= 15 is 0 Å².